The predicted octanol–water partition coefficient (Wildman–Crippen LogP) is 2.80. The smallest absolute Gasteiger partial charge is 0.240 e. The summed E-state index contributed by atoms with van der Waals surface area (Å²) in [6.07, 6.45) is -0.413. The maximum Gasteiger partial charge on any atom is 0.240 e. The maximum atomic E-state index is 13.0. The molecule has 2 heterocycles. The first kappa shape index (κ1) is 26.9. The molecule has 3 aliphatic rings. The lowest BCUT2D eigenvalue weighted by Gasteiger charge is -2.24. The van der Waals surface area contributed by atoms with Crippen LogP contribution in [0.15, 0.2) is 82.7 Å². The number of nitrogens with zero attached hydrogens (tertiary/aromatic N) is 1. The SMILES string of the molecule is O=S(=O)(NCC(O)CC(Cc1ccccc1)C(=NC1c2ccccc2CC1O)C1CO1)c1ccc2c(c1)OCO2. The van der Waals surface area contributed by atoms with Crippen LogP contribution in [0.3, 0.4) is 0 Å². The van der Waals surface area contributed by atoms with Crippen LogP contribution in [0.2, 0.25) is 0 Å². The van der Waals surface area contributed by atoms with E-state index in [0.717, 1.165) is 22.4 Å². The van der Waals surface area contributed by atoms with Gasteiger partial charge in [-0.05, 0) is 41.7 Å². The second-order valence-electron chi connectivity index (χ2n) is 10.4. The Kier molecular flexibility index (Phi) is 7.61. The number of nitrogens with one attached hydrogen (secondary N) is 1. The van der Waals surface area contributed by atoms with E-state index in [0.29, 0.717) is 30.9 Å². The Hall–Kier alpha value is -3.28. The van der Waals surface area contributed by atoms with E-state index in [-0.39, 0.29) is 36.7 Å². The first-order chi connectivity index (χ1) is 19.4. The summed E-state index contributed by atoms with van der Waals surface area (Å²) in [6, 6.07) is 21.8. The van der Waals surface area contributed by atoms with Gasteiger partial charge in [-0.2, -0.15) is 0 Å². The Morgan fingerprint density at radius 2 is 1.77 bits per heavy atom. The number of fused-ring (bicyclic) bond motifs is 2. The molecular weight excluding hydrogens is 532 g/mol. The monoisotopic (exact) mass is 564 g/mol. The van der Waals surface area contributed by atoms with Gasteiger partial charge in [-0.3, -0.25) is 4.99 Å². The number of benzene rings is 3. The fraction of sp³-hybridized carbons (Fsp3) is 0.367. The van der Waals surface area contributed by atoms with E-state index in [1.54, 1.807) is 6.07 Å². The van der Waals surface area contributed by atoms with Gasteiger partial charge in [0, 0.05) is 30.7 Å². The molecule has 0 aromatic heterocycles. The van der Waals surface area contributed by atoms with Crippen LogP contribution in [0.25, 0.3) is 0 Å². The van der Waals surface area contributed by atoms with E-state index in [4.69, 9.17) is 19.2 Å². The molecule has 3 aromatic carbocycles. The summed E-state index contributed by atoms with van der Waals surface area (Å²) in [4.78, 5) is 5.10. The van der Waals surface area contributed by atoms with Crippen molar-refractivity contribution in [1.29, 1.82) is 0 Å². The minimum atomic E-state index is -3.89. The number of hydrogen-bond donors (Lipinski definition) is 3. The molecule has 5 atom stereocenters. The fourth-order valence-electron chi connectivity index (χ4n) is 5.49. The predicted molar refractivity (Wildman–Crippen MR) is 148 cm³/mol. The van der Waals surface area contributed by atoms with Gasteiger partial charge in [0.2, 0.25) is 16.8 Å². The molecule has 210 valence electrons. The second-order valence-corrected chi connectivity index (χ2v) is 12.2. The number of epoxide rings is 1. The third-order valence-electron chi connectivity index (χ3n) is 7.58. The van der Waals surface area contributed by atoms with Crippen LogP contribution >= 0.6 is 0 Å². The van der Waals surface area contributed by atoms with Crippen molar-refractivity contribution in [2.75, 3.05) is 19.9 Å². The largest absolute Gasteiger partial charge is 0.454 e. The van der Waals surface area contributed by atoms with Gasteiger partial charge >= 0.3 is 0 Å². The number of ether oxygens (including phenoxy) is 3. The topological polar surface area (TPSA) is 130 Å². The standard InChI is InChI=1S/C30H32N2O7S/c33-22(16-31-40(35,36)23-10-11-26-27(15-23)39-18-38-26)13-21(12-19-6-2-1-3-7-19)29(28-17-37-28)32-30-24-9-5-4-8-20(24)14-25(30)34/h1-11,15,21-22,25,28,30-31,33-34H,12-14,16-18H2. The summed E-state index contributed by atoms with van der Waals surface area (Å²) in [5, 5.41) is 21.9. The maximum absolute atomic E-state index is 13.0. The van der Waals surface area contributed by atoms with Crippen LogP contribution in [0.1, 0.15) is 29.2 Å². The average molecular weight is 565 g/mol. The zero-order valence-electron chi connectivity index (χ0n) is 21.8. The van der Waals surface area contributed by atoms with Crippen LogP contribution in [0.4, 0.5) is 0 Å². The molecule has 0 bridgehead atoms. The van der Waals surface area contributed by atoms with E-state index in [9.17, 15) is 18.6 Å². The van der Waals surface area contributed by atoms with Gasteiger partial charge in [-0.25, -0.2) is 13.1 Å². The van der Waals surface area contributed by atoms with Gasteiger partial charge in [-0.15, -0.1) is 0 Å². The lowest BCUT2D eigenvalue weighted by Crippen LogP contribution is -2.36. The molecule has 5 unspecified atom stereocenters. The Morgan fingerprint density at radius 1 is 1.02 bits per heavy atom. The van der Waals surface area contributed by atoms with Crippen LogP contribution in [0.5, 0.6) is 11.5 Å². The molecule has 40 heavy (non-hydrogen) atoms. The number of aliphatic hydroxyl groups excluding tert-OH is 2. The zero-order chi connectivity index (χ0) is 27.7. The fourth-order valence-corrected chi connectivity index (χ4v) is 6.58. The molecule has 2 aliphatic heterocycles. The molecule has 1 saturated heterocycles. The second kappa shape index (κ2) is 11.3. The normalized spacial score (nSPS) is 23.1. The van der Waals surface area contributed by atoms with E-state index >= 15 is 0 Å². The van der Waals surface area contributed by atoms with Crippen LogP contribution in [-0.2, 0) is 27.6 Å². The highest BCUT2D eigenvalue weighted by atomic mass is 32.2. The Balaban J connectivity index is 1.22. The van der Waals surface area contributed by atoms with E-state index in [1.807, 2.05) is 54.6 Å². The number of aliphatic imine (C=N–C) groups is 1. The van der Waals surface area contributed by atoms with Gasteiger partial charge in [-0.1, -0.05) is 54.6 Å². The highest BCUT2D eigenvalue weighted by Gasteiger charge is 2.38. The van der Waals surface area contributed by atoms with E-state index in [2.05, 4.69) is 4.72 Å². The Labute approximate surface area is 233 Å². The highest BCUT2D eigenvalue weighted by molar-refractivity contribution is 7.89. The summed E-state index contributed by atoms with van der Waals surface area (Å²) in [5.74, 6) is 0.638. The van der Waals surface area contributed by atoms with Crippen LogP contribution < -0.4 is 14.2 Å². The highest BCUT2D eigenvalue weighted by Crippen LogP contribution is 2.37. The van der Waals surface area contributed by atoms with Gasteiger partial charge in [0.15, 0.2) is 11.5 Å². The molecule has 1 aliphatic carbocycles. The summed E-state index contributed by atoms with van der Waals surface area (Å²) in [5.41, 5.74) is 3.95. The molecule has 3 N–H and O–H groups in total. The average Bonchev–Trinajstić information content (AvgIpc) is 3.59. The van der Waals surface area contributed by atoms with Crippen molar-refractivity contribution in [3.8, 4) is 11.5 Å². The van der Waals surface area contributed by atoms with Crippen molar-refractivity contribution < 1.29 is 32.8 Å². The van der Waals surface area contributed by atoms with E-state index in [1.165, 1.54) is 12.1 Å². The minimum Gasteiger partial charge on any atom is -0.454 e. The molecular formula is C30H32N2O7S. The van der Waals surface area contributed by atoms with Crippen molar-refractivity contribution in [3.05, 3.63) is 89.5 Å². The lowest BCUT2D eigenvalue weighted by atomic mass is 9.87. The molecule has 0 saturated carbocycles. The Morgan fingerprint density at radius 3 is 2.58 bits per heavy atom. The zero-order valence-corrected chi connectivity index (χ0v) is 22.7. The van der Waals surface area contributed by atoms with Crippen molar-refractivity contribution in [3.63, 3.8) is 0 Å². The lowest BCUT2D eigenvalue weighted by molar-refractivity contribution is 0.153. The molecule has 0 radical (unpaired) electrons. The third kappa shape index (κ3) is 5.91. The first-order valence-corrected chi connectivity index (χ1v) is 14.9. The summed E-state index contributed by atoms with van der Waals surface area (Å²) < 4.78 is 44.7. The van der Waals surface area contributed by atoms with Crippen LogP contribution in [-0.4, -0.2) is 62.6 Å². The molecule has 9 nitrogen and oxygen atoms in total. The molecule has 6 rings (SSSR count). The Bertz CT molecular complexity index is 1490. The number of hydrogen-bond acceptors (Lipinski definition) is 8. The summed E-state index contributed by atoms with van der Waals surface area (Å²) in [7, 11) is -3.89. The number of sulfonamides is 1. The molecule has 10 heteroatoms. The van der Waals surface area contributed by atoms with Crippen molar-refractivity contribution in [2.45, 2.75) is 48.5 Å². The molecule has 0 amide bonds. The summed E-state index contributed by atoms with van der Waals surface area (Å²) >= 11 is 0. The van der Waals surface area contributed by atoms with Gasteiger partial charge in [0.05, 0.1) is 23.7 Å². The molecule has 3 aromatic rings. The molecule has 0 spiro atoms. The van der Waals surface area contributed by atoms with E-state index < -0.39 is 28.3 Å². The van der Waals surface area contributed by atoms with Crippen molar-refractivity contribution in [1.82, 2.24) is 4.72 Å². The van der Waals surface area contributed by atoms with Gasteiger partial charge < -0.3 is 24.4 Å². The van der Waals surface area contributed by atoms with Gasteiger partial charge in [0.25, 0.3) is 0 Å². The number of aliphatic hydroxyl groups is 2. The van der Waals surface area contributed by atoms with Crippen molar-refractivity contribution in [2.24, 2.45) is 10.9 Å². The van der Waals surface area contributed by atoms with Crippen molar-refractivity contribution >= 4 is 15.7 Å². The quantitative estimate of drug-likeness (QED) is 0.241. The third-order valence-corrected chi connectivity index (χ3v) is 9.00. The van der Waals surface area contributed by atoms with Crippen LogP contribution in [0, 0.1) is 5.92 Å². The number of rotatable bonds is 11. The molecule has 1 fully saturated rings. The minimum absolute atomic E-state index is 0.0345. The summed E-state index contributed by atoms with van der Waals surface area (Å²) in [6.45, 7) is 0.406. The van der Waals surface area contributed by atoms with Gasteiger partial charge in [0.1, 0.15) is 12.1 Å². The first-order valence-electron chi connectivity index (χ1n) is 13.4.